The predicted octanol–water partition coefficient (Wildman–Crippen LogP) is 1.14. The van der Waals surface area contributed by atoms with Crippen LogP contribution in [0.3, 0.4) is 0 Å². The van der Waals surface area contributed by atoms with Crippen molar-refractivity contribution in [2.24, 2.45) is 5.73 Å². The number of ether oxygens (including phenoxy) is 3. The molecule has 1 amide bonds. The third kappa shape index (κ3) is 2.14. The smallest absolute Gasteiger partial charge is 0.484 e. The van der Waals surface area contributed by atoms with Gasteiger partial charge in [0, 0.05) is 17.1 Å². The van der Waals surface area contributed by atoms with Crippen LogP contribution in [-0.2, 0) is 4.79 Å². The number of carbonyl (C=O) groups excluding carboxylic acids is 1. The van der Waals surface area contributed by atoms with Crippen molar-refractivity contribution in [1.82, 2.24) is 5.32 Å². The molecule has 5 rings (SSSR count). The molecule has 1 aromatic carbocycles. The molecule has 118 valence electrons. The zero-order chi connectivity index (χ0) is 15.6. The van der Waals surface area contributed by atoms with Crippen LogP contribution in [0.25, 0.3) is 0 Å². The van der Waals surface area contributed by atoms with E-state index < -0.39 is 6.29 Å². The normalized spacial score (nSPS) is 32.7. The molecule has 8 heteroatoms. The molecule has 0 unspecified atom stereocenters. The van der Waals surface area contributed by atoms with E-state index in [9.17, 15) is 13.6 Å². The molecule has 3 N–H and O–H groups in total. The lowest BCUT2D eigenvalue weighted by Gasteiger charge is -2.68. The minimum atomic E-state index is -3.67. The van der Waals surface area contributed by atoms with E-state index in [4.69, 9.17) is 10.5 Å². The highest BCUT2D eigenvalue weighted by molar-refractivity contribution is 5.79. The standard InChI is InChI=1S/C14H14F2N2O4/c15-14(16)21-9-2-1-8(3-10(9)22-14)20-4-11(19)18-13-5-12(17,6-13)7-13/h1-3H,4-7,17H2,(H,18,19). The van der Waals surface area contributed by atoms with E-state index in [0.717, 1.165) is 19.3 Å². The van der Waals surface area contributed by atoms with E-state index in [1.165, 1.54) is 18.2 Å². The molecular weight excluding hydrogens is 298 g/mol. The molecule has 0 atom stereocenters. The monoisotopic (exact) mass is 312 g/mol. The van der Waals surface area contributed by atoms with E-state index in [1.807, 2.05) is 0 Å². The Bertz CT molecular complexity index is 644. The van der Waals surface area contributed by atoms with Gasteiger partial charge in [-0.25, -0.2) is 0 Å². The third-order valence-corrected chi connectivity index (χ3v) is 4.22. The Morgan fingerprint density at radius 1 is 1.27 bits per heavy atom. The number of hydrogen-bond donors (Lipinski definition) is 2. The fourth-order valence-corrected chi connectivity index (χ4v) is 3.50. The van der Waals surface area contributed by atoms with Gasteiger partial charge in [0.2, 0.25) is 0 Å². The summed E-state index contributed by atoms with van der Waals surface area (Å²) in [4.78, 5) is 11.8. The molecule has 1 heterocycles. The van der Waals surface area contributed by atoms with Crippen LogP contribution in [-0.4, -0.2) is 29.9 Å². The Kier molecular flexibility index (Phi) is 2.47. The van der Waals surface area contributed by atoms with Crippen molar-refractivity contribution in [3.8, 4) is 17.2 Å². The van der Waals surface area contributed by atoms with Gasteiger partial charge in [-0.05, 0) is 31.4 Å². The molecule has 0 saturated heterocycles. The molecule has 0 spiro atoms. The lowest BCUT2D eigenvalue weighted by molar-refractivity contribution is -0.286. The summed E-state index contributed by atoms with van der Waals surface area (Å²) in [5.41, 5.74) is 5.67. The molecule has 0 aromatic heterocycles. The van der Waals surface area contributed by atoms with Gasteiger partial charge < -0.3 is 25.3 Å². The average Bonchev–Trinajstić information content (AvgIpc) is 2.66. The third-order valence-electron chi connectivity index (χ3n) is 4.22. The van der Waals surface area contributed by atoms with Crippen LogP contribution in [0.1, 0.15) is 19.3 Å². The highest BCUT2D eigenvalue weighted by Gasteiger charge is 2.66. The number of rotatable bonds is 4. The number of fused-ring (bicyclic) bond motifs is 1. The van der Waals surface area contributed by atoms with Gasteiger partial charge in [0.1, 0.15) is 5.75 Å². The highest BCUT2D eigenvalue weighted by Crippen LogP contribution is 2.58. The maximum atomic E-state index is 12.9. The van der Waals surface area contributed by atoms with E-state index in [1.54, 1.807) is 0 Å². The second-order valence-electron chi connectivity index (χ2n) is 6.29. The summed E-state index contributed by atoms with van der Waals surface area (Å²) in [6, 6.07) is 4.01. The molecule has 0 radical (unpaired) electrons. The number of hydrogen-bond acceptors (Lipinski definition) is 5. The van der Waals surface area contributed by atoms with Crippen molar-refractivity contribution in [2.75, 3.05) is 6.61 Å². The first-order valence-electron chi connectivity index (χ1n) is 6.89. The van der Waals surface area contributed by atoms with Crippen LogP contribution >= 0.6 is 0 Å². The molecule has 3 saturated carbocycles. The molecule has 3 fully saturated rings. The maximum absolute atomic E-state index is 12.9. The van der Waals surface area contributed by atoms with Crippen molar-refractivity contribution in [3.05, 3.63) is 18.2 Å². The van der Waals surface area contributed by atoms with E-state index >= 15 is 0 Å². The minimum Gasteiger partial charge on any atom is -0.484 e. The summed E-state index contributed by atoms with van der Waals surface area (Å²) in [6.07, 6.45) is -1.28. The van der Waals surface area contributed by atoms with Crippen LogP contribution in [0.5, 0.6) is 17.2 Å². The number of benzene rings is 1. The Morgan fingerprint density at radius 3 is 2.64 bits per heavy atom. The second-order valence-corrected chi connectivity index (χ2v) is 6.29. The predicted molar refractivity (Wildman–Crippen MR) is 69.8 cm³/mol. The Labute approximate surface area is 124 Å². The largest absolute Gasteiger partial charge is 0.586 e. The minimum absolute atomic E-state index is 0.0658. The molecule has 4 aliphatic rings. The van der Waals surface area contributed by atoms with Gasteiger partial charge in [-0.2, -0.15) is 0 Å². The van der Waals surface area contributed by atoms with Crippen molar-refractivity contribution in [3.63, 3.8) is 0 Å². The SMILES string of the molecule is NC12CC(NC(=O)COc3ccc4c(c3)OC(F)(F)O4)(C1)C2. The first-order chi connectivity index (χ1) is 10.3. The van der Waals surface area contributed by atoms with Gasteiger partial charge in [-0.3, -0.25) is 4.79 Å². The first-order valence-corrected chi connectivity index (χ1v) is 6.89. The fraction of sp³-hybridized carbons (Fsp3) is 0.500. The Balaban J connectivity index is 1.32. The molecule has 2 bridgehead atoms. The quantitative estimate of drug-likeness (QED) is 0.871. The molecule has 1 aliphatic heterocycles. The maximum Gasteiger partial charge on any atom is 0.586 e. The summed E-state index contributed by atoms with van der Waals surface area (Å²) < 4.78 is 39.7. The molecular formula is C14H14F2N2O4. The number of nitrogens with two attached hydrogens (primary N) is 1. The van der Waals surface area contributed by atoms with Crippen molar-refractivity contribution in [2.45, 2.75) is 36.6 Å². The zero-order valence-electron chi connectivity index (χ0n) is 11.5. The van der Waals surface area contributed by atoms with E-state index in [0.29, 0.717) is 0 Å². The number of halogens is 2. The van der Waals surface area contributed by atoms with Gasteiger partial charge in [-0.1, -0.05) is 0 Å². The number of carbonyl (C=O) groups is 1. The lowest BCUT2D eigenvalue weighted by Crippen LogP contribution is -2.82. The van der Waals surface area contributed by atoms with Crippen LogP contribution in [0.2, 0.25) is 0 Å². The van der Waals surface area contributed by atoms with Crippen LogP contribution in [0.15, 0.2) is 18.2 Å². The molecule has 6 nitrogen and oxygen atoms in total. The van der Waals surface area contributed by atoms with Gasteiger partial charge in [0.15, 0.2) is 18.1 Å². The second kappa shape index (κ2) is 4.01. The van der Waals surface area contributed by atoms with Crippen molar-refractivity contribution >= 4 is 5.91 Å². The Morgan fingerprint density at radius 2 is 1.95 bits per heavy atom. The van der Waals surface area contributed by atoms with Gasteiger partial charge in [0.05, 0.1) is 0 Å². The van der Waals surface area contributed by atoms with Crippen LogP contribution in [0, 0.1) is 0 Å². The molecule has 1 aromatic rings. The van der Waals surface area contributed by atoms with E-state index in [2.05, 4.69) is 14.8 Å². The van der Waals surface area contributed by atoms with Crippen molar-refractivity contribution in [1.29, 1.82) is 0 Å². The van der Waals surface area contributed by atoms with E-state index in [-0.39, 0.29) is 40.8 Å². The number of amides is 1. The lowest BCUT2D eigenvalue weighted by atomic mass is 9.44. The van der Waals surface area contributed by atoms with Gasteiger partial charge in [-0.15, -0.1) is 8.78 Å². The average molecular weight is 312 g/mol. The first kappa shape index (κ1) is 13.6. The summed E-state index contributed by atoms with van der Waals surface area (Å²) in [5.74, 6) is -0.191. The summed E-state index contributed by atoms with van der Waals surface area (Å²) in [7, 11) is 0. The fourth-order valence-electron chi connectivity index (χ4n) is 3.50. The van der Waals surface area contributed by atoms with Gasteiger partial charge in [0.25, 0.3) is 5.91 Å². The number of nitrogens with one attached hydrogen (secondary N) is 1. The topological polar surface area (TPSA) is 82.8 Å². The highest BCUT2D eigenvalue weighted by atomic mass is 19.3. The summed E-state index contributed by atoms with van der Waals surface area (Å²) >= 11 is 0. The summed E-state index contributed by atoms with van der Waals surface area (Å²) in [5, 5.41) is 2.90. The molecule has 3 aliphatic carbocycles. The van der Waals surface area contributed by atoms with Crippen LogP contribution < -0.4 is 25.3 Å². The van der Waals surface area contributed by atoms with Crippen LogP contribution in [0.4, 0.5) is 8.78 Å². The van der Waals surface area contributed by atoms with Crippen molar-refractivity contribution < 1.29 is 27.8 Å². The summed E-state index contributed by atoms with van der Waals surface area (Å²) in [6.45, 7) is -0.199. The molecule has 22 heavy (non-hydrogen) atoms. The number of alkyl halides is 2. The van der Waals surface area contributed by atoms with Gasteiger partial charge >= 0.3 is 6.29 Å². The zero-order valence-corrected chi connectivity index (χ0v) is 11.5. The Hall–Kier alpha value is -2.09.